The van der Waals surface area contributed by atoms with Crippen molar-refractivity contribution in [3.05, 3.63) is 38.9 Å². The van der Waals surface area contributed by atoms with Crippen LogP contribution in [0.4, 0.5) is 5.69 Å². The van der Waals surface area contributed by atoms with Crippen molar-refractivity contribution in [1.82, 2.24) is 0 Å². The molecule has 4 nitrogen and oxygen atoms in total. The van der Waals surface area contributed by atoms with Crippen LogP contribution >= 0.6 is 11.6 Å². The quantitative estimate of drug-likeness (QED) is 0.582. The molecule has 5 heteroatoms. The van der Waals surface area contributed by atoms with Crippen molar-refractivity contribution in [3.63, 3.8) is 0 Å². The molecule has 0 unspecified atom stereocenters. The van der Waals surface area contributed by atoms with Crippen LogP contribution in [0.3, 0.4) is 0 Å². The van der Waals surface area contributed by atoms with E-state index in [-0.39, 0.29) is 5.69 Å². The molecule has 1 rings (SSSR count). The molecule has 0 bridgehead atoms. The highest BCUT2D eigenvalue weighted by molar-refractivity contribution is 6.31. The van der Waals surface area contributed by atoms with Gasteiger partial charge in [0.15, 0.2) is 0 Å². The Morgan fingerprint density at radius 2 is 2.19 bits per heavy atom. The van der Waals surface area contributed by atoms with E-state index in [1.54, 1.807) is 6.92 Å². The Kier molecular flexibility index (Phi) is 6.89. The van der Waals surface area contributed by atoms with E-state index in [1.165, 1.54) is 18.2 Å². The molecular formula is C11H13ClN2O2. The fraction of sp³-hybridized carbons (Fsp3) is 0.364. The zero-order chi connectivity index (χ0) is 12.6. The number of hydrogen-bond donors (Lipinski definition) is 0. The summed E-state index contributed by atoms with van der Waals surface area (Å²) in [6, 6.07) is 6.37. The van der Waals surface area contributed by atoms with Crippen LogP contribution < -0.4 is 0 Å². The molecule has 0 saturated heterocycles. The summed E-state index contributed by atoms with van der Waals surface area (Å²) in [6.07, 6.45) is 1.68. The highest BCUT2D eigenvalue weighted by atomic mass is 35.5. The normalized spacial score (nSPS) is 8.62. The van der Waals surface area contributed by atoms with Crippen LogP contribution in [0, 0.1) is 28.4 Å². The van der Waals surface area contributed by atoms with E-state index in [9.17, 15) is 10.1 Å². The monoisotopic (exact) mass is 240 g/mol. The molecule has 16 heavy (non-hydrogen) atoms. The third-order valence-electron chi connectivity index (χ3n) is 1.71. The molecule has 0 atom stereocenters. The van der Waals surface area contributed by atoms with Gasteiger partial charge in [-0.2, -0.15) is 5.26 Å². The van der Waals surface area contributed by atoms with Crippen LogP contribution in [-0.2, 0) is 0 Å². The van der Waals surface area contributed by atoms with Gasteiger partial charge in [0.05, 0.1) is 11.0 Å². The molecule has 0 radical (unpaired) electrons. The molecule has 0 aromatic heterocycles. The first kappa shape index (κ1) is 14.4. The lowest BCUT2D eigenvalue weighted by Crippen LogP contribution is -1.87. The fourth-order valence-corrected chi connectivity index (χ4v) is 0.972. The predicted octanol–water partition coefficient (Wildman–Crippen LogP) is 3.87. The molecule has 1 aromatic rings. The first-order valence-electron chi connectivity index (χ1n) is 4.80. The molecule has 1 aromatic carbocycles. The van der Waals surface area contributed by atoms with Gasteiger partial charge in [0.25, 0.3) is 5.69 Å². The molecule has 86 valence electrons. The molecule has 0 fully saturated rings. The lowest BCUT2D eigenvalue weighted by Gasteiger charge is -1.95. The molecule has 0 saturated carbocycles. The molecule has 0 aliphatic heterocycles. The average molecular weight is 241 g/mol. The SMILES string of the molecule is CCCC#N.Cc1cc([N+](=O)[O-])ccc1Cl. The number of hydrogen-bond acceptors (Lipinski definition) is 3. The van der Waals surface area contributed by atoms with Crippen molar-refractivity contribution in [2.45, 2.75) is 26.7 Å². The summed E-state index contributed by atoms with van der Waals surface area (Å²) in [5.41, 5.74) is 0.799. The summed E-state index contributed by atoms with van der Waals surface area (Å²) >= 11 is 5.66. The van der Waals surface area contributed by atoms with Crippen LogP contribution in [0.15, 0.2) is 18.2 Å². The van der Waals surface area contributed by atoms with Crippen molar-refractivity contribution in [3.8, 4) is 6.07 Å². The molecule has 0 aliphatic rings. The summed E-state index contributed by atoms with van der Waals surface area (Å²) in [5.74, 6) is 0. The fourth-order valence-electron chi connectivity index (χ4n) is 0.854. The van der Waals surface area contributed by atoms with Crippen molar-refractivity contribution >= 4 is 17.3 Å². The summed E-state index contributed by atoms with van der Waals surface area (Å²) in [5, 5.41) is 18.6. The van der Waals surface area contributed by atoms with Crippen molar-refractivity contribution < 1.29 is 4.92 Å². The summed E-state index contributed by atoms with van der Waals surface area (Å²) in [4.78, 5) is 9.79. The van der Waals surface area contributed by atoms with Crippen LogP contribution in [-0.4, -0.2) is 4.92 Å². The number of nitro benzene ring substituents is 1. The van der Waals surface area contributed by atoms with Gasteiger partial charge in [-0.15, -0.1) is 0 Å². The summed E-state index contributed by atoms with van der Waals surface area (Å²) in [6.45, 7) is 3.72. The van der Waals surface area contributed by atoms with E-state index in [4.69, 9.17) is 16.9 Å². The Bertz CT molecular complexity index is 399. The lowest BCUT2D eigenvalue weighted by molar-refractivity contribution is -0.384. The highest BCUT2D eigenvalue weighted by Gasteiger charge is 2.05. The Balaban J connectivity index is 0.000000385. The summed E-state index contributed by atoms with van der Waals surface area (Å²) < 4.78 is 0. The Morgan fingerprint density at radius 1 is 1.56 bits per heavy atom. The van der Waals surface area contributed by atoms with E-state index in [2.05, 4.69) is 0 Å². The second kappa shape index (κ2) is 7.66. The maximum absolute atomic E-state index is 10.2. The van der Waals surface area contributed by atoms with Gasteiger partial charge in [-0.05, 0) is 25.0 Å². The Labute approximate surface area is 99.6 Å². The van der Waals surface area contributed by atoms with E-state index in [0.717, 1.165) is 12.0 Å². The number of nitriles is 1. The largest absolute Gasteiger partial charge is 0.269 e. The smallest absolute Gasteiger partial charge is 0.258 e. The number of rotatable bonds is 2. The third-order valence-corrected chi connectivity index (χ3v) is 2.14. The molecule has 0 aliphatic carbocycles. The van der Waals surface area contributed by atoms with Crippen molar-refractivity contribution in [1.29, 1.82) is 5.26 Å². The maximum atomic E-state index is 10.2. The van der Waals surface area contributed by atoms with Gasteiger partial charge in [-0.3, -0.25) is 10.1 Å². The second-order valence-corrected chi connectivity index (χ2v) is 3.51. The minimum Gasteiger partial charge on any atom is -0.258 e. The van der Waals surface area contributed by atoms with Gasteiger partial charge in [-0.1, -0.05) is 18.5 Å². The standard InChI is InChI=1S/C7H6ClNO2.C4H7N/c1-5-4-6(9(10)11)2-3-7(5)8;1-2-3-4-5/h2-4H,1H3;2-3H2,1H3. The molecule has 0 amide bonds. The van der Waals surface area contributed by atoms with Crippen molar-refractivity contribution in [2.24, 2.45) is 0 Å². The van der Waals surface area contributed by atoms with Crippen LogP contribution in [0.2, 0.25) is 5.02 Å². The van der Waals surface area contributed by atoms with E-state index < -0.39 is 4.92 Å². The summed E-state index contributed by atoms with van der Waals surface area (Å²) in [7, 11) is 0. The second-order valence-electron chi connectivity index (χ2n) is 3.10. The predicted molar refractivity (Wildman–Crippen MR) is 63.4 cm³/mol. The topological polar surface area (TPSA) is 66.9 Å². The van der Waals surface area contributed by atoms with Crippen LogP contribution in [0.5, 0.6) is 0 Å². The van der Waals surface area contributed by atoms with Gasteiger partial charge < -0.3 is 0 Å². The van der Waals surface area contributed by atoms with Gasteiger partial charge in [0.2, 0.25) is 0 Å². The first-order valence-corrected chi connectivity index (χ1v) is 5.18. The number of benzene rings is 1. The number of nitrogens with zero attached hydrogens (tertiary/aromatic N) is 2. The van der Waals surface area contributed by atoms with Crippen molar-refractivity contribution in [2.75, 3.05) is 0 Å². The van der Waals surface area contributed by atoms with E-state index >= 15 is 0 Å². The third kappa shape index (κ3) is 5.32. The number of nitro groups is 1. The minimum absolute atomic E-state index is 0.0758. The first-order chi connectivity index (χ1) is 7.52. The highest BCUT2D eigenvalue weighted by Crippen LogP contribution is 2.20. The Hall–Kier alpha value is -1.60. The van der Waals surface area contributed by atoms with Gasteiger partial charge >= 0.3 is 0 Å². The Morgan fingerprint density at radius 3 is 2.50 bits per heavy atom. The van der Waals surface area contributed by atoms with Crippen LogP contribution in [0.1, 0.15) is 25.3 Å². The molecule has 0 N–H and O–H groups in total. The zero-order valence-corrected chi connectivity index (χ0v) is 9.99. The number of non-ortho nitro benzene ring substituents is 1. The molecular weight excluding hydrogens is 228 g/mol. The number of halogens is 1. The van der Waals surface area contributed by atoms with Crippen LogP contribution in [0.25, 0.3) is 0 Å². The lowest BCUT2D eigenvalue weighted by atomic mass is 10.2. The van der Waals surface area contributed by atoms with Gasteiger partial charge in [0.1, 0.15) is 0 Å². The van der Waals surface area contributed by atoms with E-state index in [0.29, 0.717) is 11.4 Å². The number of unbranched alkanes of at least 4 members (excludes halogenated alkanes) is 1. The minimum atomic E-state index is -0.441. The van der Waals surface area contributed by atoms with Gasteiger partial charge in [0, 0.05) is 23.6 Å². The zero-order valence-electron chi connectivity index (χ0n) is 9.24. The van der Waals surface area contributed by atoms with Gasteiger partial charge in [-0.25, -0.2) is 0 Å². The average Bonchev–Trinajstić information content (AvgIpc) is 2.24. The van der Waals surface area contributed by atoms with E-state index in [1.807, 2.05) is 13.0 Å². The molecule has 0 heterocycles. The maximum Gasteiger partial charge on any atom is 0.269 e. The number of aryl methyl sites for hydroxylation is 1. The molecule has 0 spiro atoms.